The molecule has 2 aromatic carbocycles. The van der Waals surface area contributed by atoms with Crippen molar-refractivity contribution in [2.24, 2.45) is 0 Å². The van der Waals surface area contributed by atoms with E-state index in [1.165, 1.54) is 11.3 Å². The highest BCUT2D eigenvalue weighted by molar-refractivity contribution is 7.22. The highest BCUT2D eigenvalue weighted by atomic mass is 35.5. The fourth-order valence-corrected chi connectivity index (χ4v) is 8.60. The lowest BCUT2D eigenvalue weighted by atomic mass is 9.93. The second-order valence-electron chi connectivity index (χ2n) is 12.3. The summed E-state index contributed by atoms with van der Waals surface area (Å²) in [5, 5.41) is 16.1. The molecule has 2 aliphatic heterocycles. The van der Waals surface area contributed by atoms with Gasteiger partial charge in [-0.2, -0.15) is 0 Å². The Kier molecular flexibility index (Phi) is 7.25. The van der Waals surface area contributed by atoms with Crippen molar-refractivity contribution in [2.45, 2.75) is 75.2 Å². The van der Waals surface area contributed by atoms with E-state index in [1.807, 2.05) is 18.2 Å². The number of thiazole rings is 1. The Morgan fingerprint density at radius 1 is 1.16 bits per heavy atom. The minimum atomic E-state index is -0.984. The van der Waals surface area contributed by atoms with Gasteiger partial charge in [-0.1, -0.05) is 45.8 Å². The van der Waals surface area contributed by atoms with Gasteiger partial charge in [-0.25, -0.2) is 9.78 Å². The van der Waals surface area contributed by atoms with Crippen LogP contribution in [0.5, 0.6) is 5.75 Å². The first-order valence-electron chi connectivity index (χ1n) is 15.1. The van der Waals surface area contributed by atoms with E-state index in [1.54, 1.807) is 12.1 Å². The van der Waals surface area contributed by atoms with Gasteiger partial charge in [-0.15, -0.1) is 0 Å². The molecular weight excluding hydrogens is 625 g/mol. The molecule has 1 unspecified atom stereocenters. The number of hydrogen-bond donors (Lipinski definition) is 1. The summed E-state index contributed by atoms with van der Waals surface area (Å²) in [7, 11) is 0. The maximum atomic E-state index is 11.9. The molecule has 0 amide bonds. The van der Waals surface area contributed by atoms with E-state index < -0.39 is 5.97 Å². The van der Waals surface area contributed by atoms with Gasteiger partial charge < -0.3 is 28.7 Å². The third-order valence-corrected chi connectivity index (χ3v) is 11.1. The number of carbonyl (C=O) groups is 1. The summed E-state index contributed by atoms with van der Waals surface area (Å²) in [6.45, 7) is 2.33. The average Bonchev–Trinajstić information content (AvgIpc) is 3.33. The maximum absolute atomic E-state index is 11.9. The van der Waals surface area contributed by atoms with Gasteiger partial charge in [0.15, 0.2) is 5.13 Å². The van der Waals surface area contributed by atoms with Gasteiger partial charge in [-0.3, -0.25) is 0 Å². The number of halogens is 2. The van der Waals surface area contributed by atoms with Crippen LogP contribution >= 0.6 is 34.5 Å². The summed E-state index contributed by atoms with van der Waals surface area (Å²) >= 11 is 14.7. The van der Waals surface area contributed by atoms with Gasteiger partial charge in [0, 0.05) is 36.1 Å². The second kappa shape index (κ2) is 11.2. The molecule has 3 atom stereocenters. The molecule has 44 heavy (non-hydrogen) atoms. The van der Waals surface area contributed by atoms with E-state index >= 15 is 0 Å². The number of piperidine rings is 1. The summed E-state index contributed by atoms with van der Waals surface area (Å²) in [6, 6.07) is 9.02. The molecule has 4 heterocycles. The highest BCUT2D eigenvalue weighted by Gasteiger charge is 2.48. The van der Waals surface area contributed by atoms with E-state index in [0.29, 0.717) is 58.3 Å². The summed E-state index contributed by atoms with van der Waals surface area (Å²) in [5.74, 6) is 0.774. The van der Waals surface area contributed by atoms with Gasteiger partial charge in [0.25, 0.3) is 0 Å². The molecule has 0 spiro atoms. The van der Waals surface area contributed by atoms with Crippen molar-refractivity contribution >= 4 is 55.9 Å². The number of aromatic carboxylic acids is 1. The van der Waals surface area contributed by atoms with Crippen LogP contribution in [-0.2, 0) is 16.1 Å². The van der Waals surface area contributed by atoms with Crippen molar-refractivity contribution in [3.05, 3.63) is 57.3 Å². The average molecular weight is 657 g/mol. The number of ether oxygens (including phenoxy) is 3. The van der Waals surface area contributed by atoms with Crippen LogP contribution in [0.2, 0.25) is 10.0 Å². The number of carboxylic acids is 1. The van der Waals surface area contributed by atoms with Gasteiger partial charge in [-0.05, 0) is 62.8 Å². The first-order valence-corrected chi connectivity index (χ1v) is 16.7. The van der Waals surface area contributed by atoms with Crippen LogP contribution in [0.25, 0.3) is 21.5 Å². The molecule has 4 aromatic rings. The van der Waals surface area contributed by atoms with Crippen LogP contribution < -0.4 is 9.64 Å². The van der Waals surface area contributed by atoms with E-state index in [9.17, 15) is 9.90 Å². The standard InChI is InChI=1S/C32H31Cl2N3O6S/c33-22-2-1-3-23(34)26(22)27-21(29(43-36-27)17-4-5-17)16-41-32-8-6-19(14-32)37(10-9-32)31-35-28-24(42-20-7-11-40-15-20)12-18(30(38)39)13-25(28)44-31/h1-3,12-13,17,19-20H,4-11,14-16H2,(H,38,39)/t19-,20+,32?/m0/s1. The first kappa shape index (κ1) is 28.6. The van der Waals surface area contributed by atoms with E-state index in [2.05, 4.69) is 10.1 Å². The van der Waals surface area contributed by atoms with E-state index in [0.717, 1.165) is 72.6 Å². The third kappa shape index (κ3) is 5.14. The number of carboxylic acid groups (broad SMARTS) is 1. The molecule has 2 aliphatic carbocycles. The highest BCUT2D eigenvalue weighted by Crippen LogP contribution is 2.49. The number of rotatable bonds is 9. The molecule has 2 saturated heterocycles. The number of aromatic nitrogens is 2. The number of nitrogens with zero attached hydrogens (tertiary/aromatic N) is 3. The topological polar surface area (TPSA) is 107 Å². The molecule has 230 valence electrons. The molecule has 2 saturated carbocycles. The van der Waals surface area contributed by atoms with Crippen molar-refractivity contribution in [2.75, 3.05) is 24.7 Å². The normalized spacial score (nSPS) is 24.8. The monoisotopic (exact) mass is 655 g/mol. The molecule has 12 heteroatoms. The Morgan fingerprint density at radius 2 is 2.00 bits per heavy atom. The molecule has 4 aliphatic rings. The lowest BCUT2D eigenvalue weighted by Crippen LogP contribution is -2.45. The Hall–Kier alpha value is -2.89. The minimum Gasteiger partial charge on any atom is -0.486 e. The fourth-order valence-electron chi connectivity index (χ4n) is 6.90. The van der Waals surface area contributed by atoms with E-state index in [4.69, 9.17) is 46.9 Å². The summed E-state index contributed by atoms with van der Waals surface area (Å²) < 4.78 is 25.2. The quantitative estimate of drug-likeness (QED) is 0.194. The molecule has 2 aromatic heterocycles. The van der Waals surface area contributed by atoms with Gasteiger partial charge in [0.2, 0.25) is 0 Å². The molecule has 4 fully saturated rings. The largest absolute Gasteiger partial charge is 0.486 e. The molecular formula is C32H31Cl2N3O6S. The zero-order valence-electron chi connectivity index (χ0n) is 23.9. The summed E-state index contributed by atoms with van der Waals surface area (Å²) in [5.41, 5.74) is 2.97. The van der Waals surface area contributed by atoms with Crippen LogP contribution in [0.1, 0.15) is 72.5 Å². The number of fused-ring (bicyclic) bond motifs is 3. The molecule has 2 bridgehead atoms. The predicted octanol–water partition coefficient (Wildman–Crippen LogP) is 7.72. The van der Waals surface area contributed by atoms with Crippen LogP contribution in [-0.4, -0.2) is 58.7 Å². The zero-order valence-corrected chi connectivity index (χ0v) is 26.2. The Labute approximate surface area is 268 Å². The van der Waals surface area contributed by atoms with Crippen LogP contribution in [0.3, 0.4) is 0 Å². The Balaban J connectivity index is 1.03. The number of hydrogen-bond acceptors (Lipinski definition) is 9. The van der Waals surface area contributed by atoms with Crippen molar-refractivity contribution in [3.8, 4) is 17.0 Å². The SMILES string of the molecule is O=C(O)c1cc(O[C@@H]2CCOC2)c2nc(N3CCC4(OCc5c(-c6c(Cl)cccc6Cl)noc5C5CC5)CC[C@H]3C4)sc2c1. The smallest absolute Gasteiger partial charge is 0.335 e. The second-order valence-corrected chi connectivity index (χ2v) is 14.1. The zero-order chi connectivity index (χ0) is 30.0. The molecule has 8 rings (SSSR count). The molecule has 1 N–H and O–H groups in total. The minimum absolute atomic E-state index is 0.102. The van der Waals surface area contributed by atoms with Crippen LogP contribution in [0, 0.1) is 0 Å². The lowest BCUT2D eigenvalue weighted by molar-refractivity contribution is -0.0624. The van der Waals surface area contributed by atoms with Crippen molar-refractivity contribution in [1.29, 1.82) is 0 Å². The fraction of sp³-hybridized carbons (Fsp3) is 0.469. The summed E-state index contributed by atoms with van der Waals surface area (Å²) in [6.07, 6.45) is 6.51. The number of anilines is 1. The van der Waals surface area contributed by atoms with Gasteiger partial charge >= 0.3 is 5.97 Å². The van der Waals surface area contributed by atoms with E-state index in [-0.39, 0.29) is 23.3 Å². The lowest BCUT2D eigenvalue weighted by Gasteiger charge is -2.39. The van der Waals surface area contributed by atoms with Crippen molar-refractivity contribution < 1.29 is 28.6 Å². The summed E-state index contributed by atoms with van der Waals surface area (Å²) in [4.78, 5) is 19.3. The Morgan fingerprint density at radius 3 is 2.75 bits per heavy atom. The van der Waals surface area contributed by atoms with Gasteiger partial charge in [0.05, 0.1) is 45.7 Å². The third-order valence-electron chi connectivity index (χ3n) is 9.40. The van der Waals surface area contributed by atoms with Crippen molar-refractivity contribution in [1.82, 2.24) is 10.1 Å². The maximum Gasteiger partial charge on any atom is 0.335 e. The first-order chi connectivity index (χ1) is 21.4. The number of benzene rings is 2. The molecule has 0 radical (unpaired) electrons. The predicted molar refractivity (Wildman–Crippen MR) is 167 cm³/mol. The Bertz CT molecular complexity index is 1730. The van der Waals surface area contributed by atoms with Gasteiger partial charge in [0.1, 0.15) is 28.8 Å². The van der Waals surface area contributed by atoms with Crippen LogP contribution in [0.15, 0.2) is 34.9 Å². The molecule has 9 nitrogen and oxygen atoms in total. The van der Waals surface area contributed by atoms with Crippen molar-refractivity contribution in [3.63, 3.8) is 0 Å². The van der Waals surface area contributed by atoms with Crippen LogP contribution in [0.4, 0.5) is 5.13 Å².